The van der Waals surface area contributed by atoms with E-state index in [9.17, 15) is 0 Å². The van der Waals surface area contributed by atoms with Crippen molar-refractivity contribution in [3.05, 3.63) is 97.5 Å². The van der Waals surface area contributed by atoms with E-state index in [-0.39, 0.29) is 0 Å². The van der Waals surface area contributed by atoms with Gasteiger partial charge in [0.05, 0.1) is 0 Å². The molecule has 0 radical (unpaired) electrons. The molecule has 0 amide bonds. The summed E-state index contributed by atoms with van der Waals surface area (Å²) >= 11 is 0. The third-order valence-corrected chi connectivity index (χ3v) is 19.8. The molecule has 0 saturated heterocycles. The zero-order valence-corrected chi connectivity index (χ0v) is 22.9. The first kappa shape index (κ1) is 24.7. The van der Waals surface area contributed by atoms with Crippen LogP contribution >= 0.6 is 0 Å². The topological polar surface area (TPSA) is 27.7 Å². The van der Waals surface area contributed by atoms with Gasteiger partial charge in [-0.25, -0.2) is 0 Å². The van der Waals surface area contributed by atoms with Crippen LogP contribution in [0.25, 0.3) is 0 Å². The van der Waals surface area contributed by atoms with Crippen LogP contribution in [0.15, 0.2) is 97.5 Å². The van der Waals surface area contributed by atoms with E-state index in [0.29, 0.717) is 0 Å². The van der Waals surface area contributed by atoms with Gasteiger partial charge in [0.25, 0.3) is 0 Å². The highest BCUT2D eigenvalue weighted by Gasteiger charge is 2.51. The lowest BCUT2D eigenvalue weighted by atomic mass is 10.4. The normalized spacial score (nSPS) is 13.0. The number of benzene rings is 2. The first-order valence-electron chi connectivity index (χ1n) is 10.1. The Morgan fingerprint density at radius 1 is 0.600 bits per heavy atom. The summed E-state index contributed by atoms with van der Waals surface area (Å²) in [6, 6.07) is 20.6. The molecule has 0 aromatic heterocycles. The quantitative estimate of drug-likeness (QED) is 0.435. The van der Waals surface area contributed by atoms with Crippen molar-refractivity contribution < 1.29 is 12.3 Å². The fourth-order valence-electron chi connectivity index (χ4n) is 3.21. The van der Waals surface area contributed by atoms with Gasteiger partial charge in [-0.15, -0.1) is 19.7 Å². The van der Waals surface area contributed by atoms with Gasteiger partial charge < -0.3 is 12.3 Å². The first-order valence-corrected chi connectivity index (χ1v) is 20.3. The largest absolute Gasteiger partial charge is 0.430 e. The average molecular weight is 471 g/mol. The van der Waals surface area contributed by atoms with Crippen molar-refractivity contribution in [2.24, 2.45) is 0 Å². The molecule has 0 fully saturated rings. The Labute approximate surface area is 186 Å². The molecule has 0 aliphatic rings. The molecule has 2 rings (SSSR count). The minimum absolute atomic E-state index is 1.07. The summed E-state index contributed by atoms with van der Waals surface area (Å²) in [5.74, 6) is 0. The van der Waals surface area contributed by atoms with Gasteiger partial charge in [-0.05, 0) is 43.1 Å². The minimum atomic E-state index is -3.08. The van der Waals surface area contributed by atoms with Crippen molar-refractivity contribution >= 4 is 44.1 Å². The highest BCUT2D eigenvalue weighted by atomic mass is 28.5. The lowest BCUT2D eigenvalue weighted by molar-refractivity contribution is 0.346. The van der Waals surface area contributed by atoms with Crippen LogP contribution in [0.2, 0.25) is 32.7 Å². The van der Waals surface area contributed by atoms with Gasteiger partial charge in [-0.2, -0.15) is 0 Å². The van der Waals surface area contributed by atoms with Crippen molar-refractivity contribution in [3.8, 4) is 0 Å². The van der Waals surface area contributed by atoms with Crippen LogP contribution in [-0.2, 0) is 12.3 Å². The third-order valence-electron chi connectivity index (χ3n) is 4.87. The molecule has 160 valence electrons. The van der Waals surface area contributed by atoms with Gasteiger partial charge in [0.15, 0.2) is 0 Å². The van der Waals surface area contributed by atoms with E-state index in [1.807, 2.05) is 53.5 Å². The Hall–Kier alpha value is -1.59. The van der Waals surface area contributed by atoms with E-state index < -0.39 is 33.8 Å². The fraction of sp³-hybridized carbons (Fsp3) is 0.217. The summed E-state index contributed by atoms with van der Waals surface area (Å²) in [4.78, 5) is 0. The predicted molar refractivity (Wildman–Crippen MR) is 138 cm³/mol. The smallest absolute Gasteiger partial charge is 0.388 e. The monoisotopic (exact) mass is 470 g/mol. The fourth-order valence-corrected chi connectivity index (χ4v) is 18.9. The molecule has 2 aromatic carbocycles. The third kappa shape index (κ3) is 5.98. The number of hydrogen-bond donors (Lipinski definition) is 0. The number of rotatable bonds is 11. The molecule has 30 heavy (non-hydrogen) atoms. The maximum Gasteiger partial charge on any atom is 0.388 e. The van der Waals surface area contributed by atoms with Gasteiger partial charge in [0.2, 0.25) is 16.6 Å². The van der Waals surface area contributed by atoms with Gasteiger partial charge in [0, 0.05) is 0 Å². The van der Waals surface area contributed by atoms with E-state index in [1.54, 1.807) is 0 Å². The Morgan fingerprint density at radius 2 is 1.03 bits per heavy atom. The molecule has 0 N–H and O–H groups in total. The molecule has 0 aliphatic heterocycles. The van der Waals surface area contributed by atoms with E-state index in [0.717, 1.165) is 10.4 Å². The maximum absolute atomic E-state index is 7.09. The van der Waals surface area contributed by atoms with Gasteiger partial charge in [0.1, 0.15) is 0 Å². The zero-order valence-electron chi connectivity index (χ0n) is 18.9. The van der Waals surface area contributed by atoms with Gasteiger partial charge in [-0.1, -0.05) is 77.8 Å². The van der Waals surface area contributed by atoms with Crippen molar-refractivity contribution in [3.63, 3.8) is 0 Å². The predicted octanol–water partition coefficient (Wildman–Crippen LogP) is 4.95. The van der Waals surface area contributed by atoms with Gasteiger partial charge in [-0.3, -0.25) is 0 Å². The van der Waals surface area contributed by atoms with Crippen molar-refractivity contribution in [1.82, 2.24) is 0 Å². The lowest BCUT2D eigenvalue weighted by Crippen LogP contribution is -2.71. The highest BCUT2D eigenvalue weighted by Crippen LogP contribution is 2.25. The lowest BCUT2D eigenvalue weighted by Gasteiger charge is -2.43. The number of hydrogen-bond acceptors (Lipinski definition) is 3. The Morgan fingerprint density at radius 3 is 1.40 bits per heavy atom. The molecule has 0 bridgehead atoms. The molecule has 0 heterocycles. The molecule has 3 nitrogen and oxygen atoms in total. The highest BCUT2D eigenvalue weighted by molar-refractivity contribution is 7.03. The molecule has 0 aliphatic carbocycles. The van der Waals surface area contributed by atoms with E-state index in [4.69, 9.17) is 12.3 Å². The second-order valence-corrected chi connectivity index (χ2v) is 22.9. The minimum Gasteiger partial charge on any atom is -0.430 e. The molecule has 0 unspecified atom stereocenters. The van der Waals surface area contributed by atoms with Crippen LogP contribution in [0.3, 0.4) is 0 Å². The van der Waals surface area contributed by atoms with Crippen LogP contribution in [0, 0.1) is 0 Å². The maximum atomic E-state index is 7.09. The molecule has 0 atom stereocenters. The average Bonchev–Trinajstić information content (AvgIpc) is 2.73. The summed E-state index contributed by atoms with van der Waals surface area (Å²) in [7, 11) is -10.2. The van der Waals surface area contributed by atoms with Crippen LogP contribution in [-0.4, -0.2) is 33.8 Å². The summed E-state index contributed by atoms with van der Waals surface area (Å²) in [5, 5.41) is 2.15. The van der Waals surface area contributed by atoms with Crippen LogP contribution in [0.1, 0.15) is 0 Å². The van der Waals surface area contributed by atoms with E-state index in [2.05, 4.69) is 76.7 Å². The zero-order chi connectivity index (χ0) is 22.5. The van der Waals surface area contributed by atoms with Crippen LogP contribution in [0.4, 0.5) is 0 Å². The van der Waals surface area contributed by atoms with Crippen LogP contribution in [0.5, 0.6) is 0 Å². The SMILES string of the molecule is C=C[Si](C)(C)O[Si](O[Si](C)(C)O[Si](C)(C=C)C=C)(c1ccccc1)c1ccccc1. The molecule has 2 aromatic rings. The van der Waals surface area contributed by atoms with Crippen LogP contribution < -0.4 is 10.4 Å². The molecular formula is C23H34O3Si4. The Balaban J connectivity index is 2.69. The van der Waals surface area contributed by atoms with Crippen molar-refractivity contribution in [2.45, 2.75) is 32.7 Å². The van der Waals surface area contributed by atoms with Crippen molar-refractivity contribution in [1.29, 1.82) is 0 Å². The van der Waals surface area contributed by atoms with Gasteiger partial charge >= 0.3 is 17.1 Å². The summed E-state index contributed by atoms with van der Waals surface area (Å²) in [6.07, 6.45) is 0. The second kappa shape index (κ2) is 9.69. The molecule has 7 heteroatoms. The Bertz CT molecular complexity index is 819. The molecule has 0 saturated carbocycles. The first-order chi connectivity index (χ1) is 14.0. The summed E-state index contributed by atoms with van der Waals surface area (Å²) < 4.78 is 20.7. The standard InChI is InChI=1S/C23H34O3Si4/c1-9-27(4,5)24-30(22-18-14-12-15-19-22,23-20-16-13-17-21-23)26-28(6,7)25-29(8,10-2)11-3/h9-21H,1-3H2,4-8H3. The van der Waals surface area contributed by atoms with E-state index in [1.165, 1.54) is 0 Å². The van der Waals surface area contributed by atoms with E-state index >= 15 is 0 Å². The Kier molecular flexibility index (Phi) is 7.97. The molecular weight excluding hydrogens is 437 g/mol. The summed E-state index contributed by atoms with van der Waals surface area (Å²) in [6.45, 7) is 22.6. The summed E-state index contributed by atoms with van der Waals surface area (Å²) in [5.41, 5.74) is 5.76. The second-order valence-electron chi connectivity index (χ2n) is 8.45. The van der Waals surface area contributed by atoms with Crippen molar-refractivity contribution in [2.75, 3.05) is 0 Å². The molecule has 0 spiro atoms.